The Morgan fingerprint density at radius 3 is 2.62 bits per heavy atom. The van der Waals surface area contributed by atoms with Crippen molar-refractivity contribution in [3.8, 4) is 0 Å². The quantitative estimate of drug-likeness (QED) is 0.772. The van der Waals surface area contributed by atoms with E-state index < -0.39 is 5.97 Å². The molecule has 1 aromatic heterocycles. The summed E-state index contributed by atoms with van der Waals surface area (Å²) in [5.74, 6) is -0.232. The lowest BCUT2D eigenvalue weighted by Gasteiger charge is -2.06. The van der Waals surface area contributed by atoms with Crippen molar-refractivity contribution in [3.63, 3.8) is 0 Å². The highest BCUT2D eigenvalue weighted by Crippen LogP contribution is 2.25. The van der Waals surface area contributed by atoms with Crippen molar-refractivity contribution >= 4 is 23.5 Å². The molecule has 0 aliphatic heterocycles. The number of nitrogen functional groups attached to an aromatic ring is 1. The van der Waals surface area contributed by atoms with Crippen molar-refractivity contribution in [1.29, 1.82) is 0 Å². The van der Waals surface area contributed by atoms with E-state index in [1.54, 1.807) is 10.9 Å². The summed E-state index contributed by atoms with van der Waals surface area (Å²) in [6.07, 6.45) is 2.72. The van der Waals surface area contributed by atoms with Gasteiger partial charge in [-0.3, -0.25) is 0 Å². The van der Waals surface area contributed by atoms with Gasteiger partial charge in [-0.1, -0.05) is 13.8 Å². The fraction of sp³-hybridized carbons (Fsp3) is 0.600. The lowest BCUT2D eigenvalue weighted by atomic mass is 10.1. The predicted molar refractivity (Wildman–Crippen MR) is 64.8 cm³/mol. The van der Waals surface area contributed by atoms with Crippen LogP contribution in [0.3, 0.4) is 0 Å². The molecule has 0 saturated carbocycles. The van der Waals surface area contributed by atoms with Crippen molar-refractivity contribution in [2.24, 2.45) is 5.92 Å². The van der Waals surface area contributed by atoms with Crippen molar-refractivity contribution in [2.45, 2.75) is 31.8 Å². The molecule has 16 heavy (non-hydrogen) atoms. The molecule has 3 N–H and O–H groups in total. The van der Waals surface area contributed by atoms with Gasteiger partial charge in [-0.15, -0.1) is 11.8 Å². The third-order valence-corrected chi connectivity index (χ3v) is 2.96. The summed E-state index contributed by atoms with van der Waals surface area (Å²) in [6, 6.07) is 0. The average Bonchev–Trinajstić information content (AvgIpc) is 2.52. The van der Waals surface area contributed by atoms with Gasteiger partial charge in [0.1, 0.15) is 16.4 Å². The molecule has 5 nitrogen and oxygen atoms in total. The number of aromatic carboxylic acids is 1. The van der Waals surface area contributed by atoms with E-state index in [9.17, 15) is 4.79 Å². The first-order valence-corrected chi connectivity index (χ1v) is 6.33. The normalized spacial score (nSPS) is 11.0. The van der Waals surface area contributed by atoms with E-state index in [0.29, 0.717) is 17.5 Å². The van der Waals surface area contributed by atoms with Gasteiger partial charge >= 0.3 is 5.97 Å². The standard InChI is InChI=1S/C10H17N3O2S/c1-6(2)4-5-13-8(11)7(10(14)15)9(12-13)16-3/h6H,4-5,11H2,1-3H3,(H,14,15). The highest BCUT2D eigenvalue weighted by molar-refractivity contribution is 7.98. The summed E-state index contributed by atoms with van der Waals surface area (Å²) in [6.45, 7) is 4.87. The van der Waals surface area contributed by atoms with Crippen LogP contribution in [0.5, 0.6) is 0 Å². The van der Waals surface area contributed by atoms with Crippen molar-refractivity contribution in [2.75, 3.05) is 12.0 Å². The van der Waals surface area contributed by atoms with E-state index in [4.69, 9.17) is 10.8 Å². The molecule has 0 amide bonds. The molecule has 0 bridgehead atoms. The molecule has 0 aliphatic carbocycles. The number of carboxylic acid groups (broad SMARTS) is 1. The molecule has 1 heterocycles. The summed E-state index contributed by atoms with van der Waals surface area (Å²) in [5, 5.41) is 13.7. The Kier molecular flexibility index (Phi) is 4.23. The molecular weight excluding hydrogens is 226 g/mol. The minimum Gasteiger partial charge on any atom is -0.477 e. The van der Waals surface area contributed by atoms with Crippen molar-refractivity contribution < 1.29 is 9.90 Å². The maximum Gasteiger partial charge on any atom is 0.342 e. The van der Waals surface area contributed by atoms with Crippen LogP contribution in [0.25, 0.3) is 0 Å². The summed E-state index contributed by atoms with van der Waals surface area (Å²) in [4.78, 5) is 11.0. The van der Waals surface area contributed by atoms with E-state index >= 15 is 0 Å². The zero-order valence-corrected chi connectivity index (χ0v) is 10.5. The maximum absolute atomic E-state index is 11.0. The SMILES string of the molecule is CSc1nn(CCC(C)C)c(N)c1C(=O)O. The van der Waals surface area contributed by atoms with Gasteiger partial charge in [-0.25, -0.2) is 9.48 Å². The minimum absolute atomic E-state index is 0.122. The van der Waals surface area contributed by atoms with Crippen LogP contribution in [-0.2, 0) is 6.54 Å². The van der Waals surface area contributed by atoms with Gasteiger partial charge in [0, 0.05) is 6.54 Å². The molecule has 0 saturated heterocycles. The number of carboxylic acids is 1. The topological polar surface area (TPSA) is 81.1 Å². The molecule has 6 heteroatoms. The first kappa shape index (κ1) is 12.9. The van der Waals surface area contributed by atoms with Crippen LogP contribution in [0.15, 0.2) is 5.03 Å². The zero-order valence-electron chi connectivity index (χ0n) is 9.73. The predicted octanol–water partition coefficient (Wildman–Crippen LogP) is 1.93. The highest BCUT2D eigenvalue weighted by Gasteiger charge is 2.20. The molecule has 0 spiro atoms. The Morgan fingerprint density at radius 1 is 1.62 bits per heavy atom. The second kappa shape index (κ2) is 5.25. The van der Waals surface area contributed by atoms with Gasteiger partial charge in [0.15, 0.2) is 0 Å². The van der Waals surface area contributed by atoms with E-state index in [2.05, 4.69) is 18.9 Å². The maximum atomic E-state index is 11.0. The highest BCUT2D eigenvalue weighted by atomic mass is 32.2. The second-order valence-electron chi connectivity index (χ2n) is 3.98. The fourth-order valence-electron chi connectivity index (χ4n) is 1.35. The number of rotatable bonds is 5. The third kappa shape index (κ3) is 2.69. The molecule has 0 aromatic carbocycles. The number of carbonyl (C=O) groups is 1. The Balaban J connectivity index is 2.99. The summed E-state index contributed by atoms with van der Waals surface area (Å²) < 4.78 is 1.58. The molecule has 0 aliphatic rings. The summed E-state index contributed by atoms with van der Waals surface area (Å²) >= 11 is 1.30. The molecule has 0 radical (unpaired) electrons. The van der Waals surface area contributed by atoms with Crippen LogP contribution in [0.1, 0.15) is 30.6 Å². The smallest absolute Gasteiger partial charge is 0.342 e. The summed E-state index contributed by atoms with van der Waals surface area (Å²) in [5.41, 5.74) is 5.89. The third-order valence-electron chi connectivity index (χ3n) is 2.29. The van der Waals surface area contributed by atoms with E-state index in [0.717, 1.165) is 6.42 Å². The fourth-order valence-corrected chi connectivity index (χ4v) is 1.92. The number of thioether (sulfide) groups is 1. The van der Waals surface area contributed by atoms with Gasteiger partial charge in [-0.2, -0.15) is 5.10 Å². The molecule has 0 atom stereocenters. The Bertz CT molecular complexity index is 388. The Labute approximate surface area is 99.0 Å². The van der Waals surface area contributed by atoms with Gasteiger partial charge in [0.2, 0.25) is 0 Å². The number of anilines is 1. The second-order valence-corrected chi connectivity index (χ2v) is 4.78. The van der Waals surface area contributed by atoms with Gasteiger partial charge in [0.05, 0.1) is 0 Å². The van der Waals surface area contributed by atoms with Crippen molar-refractivity contribution in [3.05, 3.63) is 5.56 Å². The van der Waals surface area contributed by atoms with Crippen LogP contribution in [0.2, 0.25) is 0 Å². The van der Waals surface area contributed by atoms with E-state index in [1.807, 2.05) is 0 Å². The first-order chi connectivity index (χ1) is 7.47. The van der Waals surface area contributed by atoms with Crippen molar-refractivity contribution in [1.82, 2.24) is 9.78 Å². The molecule has 1 aromatic rings. The van der Waals surface area contributed by atoms with E-state index in [1.165, 1.54) is 11.8 Å². The van der Waals surface area contributed by atoms with Crippen LogP contribution < -0.4 is 5.73 Å². The molecule has 90 valence electrons. The van der Waals surface area contributed by atoms with E-state index in [-0.39, 0.29) is 11.4 Å². The van der Waals surface area contributed by atoms with Crippen LogP contribution in [0.4, 0.5) is 5.82 Å². The monoisotopic (exact) mass is 243 g/mol. The zero-order chi connectivity index (χ0) is 12.3. The van der Waals surface area contributed by atoms with Crippen LogP contribution in [-0.4, -0.2) is 27.1 Å². The van der Waals surface area contributed by atoms with Crippen LogP contribution >= 0.6 is 11.8 Å². The number of aryl methyl sites for hydroxylation is 1. The Hall–Kier alpha value is -1.17. The summed E-state index contributed by atoms with van der Waals surface area (Å²) in [7, 11) is 0. The number of nitrogens with zero attached hydrogens (tertiary/aromatic N) is 2. The minimum atomic E-state index is -1.02. The lowest BCUT2D eigenvalue weighted by Crippen LogP contribution is -2.09. The van der Waals surface area contributed by atoms with Gasteiger partial charge < -0.3 is 10.8 Å². The largest absolute Gasteiger partial charge is 0.477 e. The first-order valence-electron chi connectivity index (χ1n) is 5.11. The molecule has 0 fully saturated rings. The number of aromatic nitrogens is 2. The van der Waals surface area contributed by atoms with Crippen LogP contribution in [0, 0.1) is 5.92 Å². The molecular formula is C10H17N3O2S. The number of nitrogens with two attached hydrogens (primary N) is 1. The Morgan fingerprint density at radius 2 is 2.25 bits per heavy atom. The lowest BCUT2D eigenvalue weighted by molar-refractivity contribution is 0.0694. The number of hydrogen-bond acceptors (Lipinski definition) is 4. The van der Waals surface area contributed by atoms with Gasteiger partial charge in [0.25, 0.3) is 0 Å². The average molecular weight is 243 g/mol. The number of hydrogen-bond donors (Lipinski definition) is 2. The van der Waals surface area contributed by atoms with Gasteiger partial charge in [-0.05, 0) is 18.6 Å². The molecule has 0 unspecified atom stereocenters. The molecule has 1 rings (SSSR count).